The first kappa shape index (κ1) is 11.0. The molecule has 0 atom stereocenters. The van der Waals surface area contributed by atoms with Crippen molar-refractivity contribution in [2.24, 2.45) is 0 Å². The van der Waals surface area contributed by atoms with Gasteiger partial charge in [0.25, 0.3) is 0 Å². The zero-order valence-corrected chi connectivity index (χ0v) is 8.80. The summed E-state index contributed by atoms with van der Waals surface area (Å²) in [6.07, 6.45) is 3.62. The maximum atomic E-state index is 13.3. The molecule has 0 saturated heterocycles. The number of halogens is 1. The third-order valence-corrected chi connectivity index (χ3v) is 2.37. The molecule has 0 amide bonds. The van der Waals surface area contributed by atoms with Crippen molar-refractivity contribution in [3.8, 4) is 6.07 Å². The lowest BCUT2D eigenvalue weighted by molar-refractivity contribution is 0.111. The molecule has 4 nitrogen and oxygen atoms in total. The molecule has 0 fully saturated rings. The van der Waals surface area contributed by atoms with Crippen molar-refractivity contribution in [2.45, 2.75) is 6.54 Å². The molecular formula is C12H8FN3O. The summed E-state index contributed by atoms with van der Waals surface area (Å²) in [5.41, 5.74) is 1.10. The number of carbonyl (C=O) groups is 1. The predicted octanol–water partition coefficient (Wildman–Crippen LogP) is 1.75. The Labute approximate surface area is 96.9 Å². The second kappa shape index (κ2) is 4.58. The highest BCUT2D eigenvalue weighted by molar-refractivity contribution is 5.71. The molecule has 0 aliphatic carbocycles. The highest BCUT2D eigenvalue weighted by atomic mass is 19.1. The van der Waals surface area contributed by atoms with Crippen molar-refractivity contribution < 1.29 is 9.18 Å². The highest BCUT2D eigenvalue weighted by Gasteiger charge is 2.05. The van der Waals surface area contributed by atoms with E-state index in [1.54, 1.807) is 16.7 Å². The fraction of sp³-hybridized carbons (Fsp3) is 0.0833. The topological polar surface area (TPSA) is 58.7 Å². The molecule has 0 saturated carbocycles. The third-order valence-electron chi connectivity index (χ3n) is 2.37. The molecule has 0 aliphatic heterocycles. The Kier molecular flexibility index (Phi) is 2.97. The summed E-state index contributed by atoms with van der Waals surface area (Å²) >= 11 is 0. The Hall–Kier alpha value is -2.48. The van der Waals surface area contributed by atoms with Crippen molar-refractivity contribution in [1.29, 1.82) is 5.26 Å². The van der Waals surface area contributed by atoms with Gasteiger partial charge in [-0.05, 0) is 17.7 Å². The lowest BCUT2D eigenvalue weighted by Gasteiger charge is -2.05. The van der Waals surface area contributed by atoms with Gasteiger partial charge in [-0.3, -0.25) is 4.79 Å². The zero-order chi connectivity index (χ0) is 12.3. The average molecular weight is 229 g/mol. The van der Waals surface area contributed by atoms with E-state index < -0.39 is 5.82 Å². The smallest absolute Gasteiger partial charge is 0.168 e. The van der Waals surface area contributed by atoms with Gasteiger partial charge in [0.2, 0.25) is 0 Å². The molecule has 2 rings (SSSR count). The van der Waals surface area contributed by atoms with Crippen LogP contribution in [0.2, 0.25) is 0 Å². The average Bonchev–Trinajstić information content (AvgIpc) is 2.76. The standard InChI is InChI=1S/C12H8FN3O/c13-12-3-9(1-2-10(12)4-14)6-16-8-15-5-11(16)7-17/h1-3,5,7-8H,6H2. The predicted molar refractivity (Wildman–Crippen MR) is 57.8 cm³/mol. The van der Waals surface area contributed by atoms with Gasteiger partial charge in [-0.2, -0.15) is 5.26 Å². The van der Waals surface area contributed by atoms with Crippen LogP contribution >= 0.6 is 0 Å². The molecule has 17 heavy (non-hydrogen) atoms. The molecule has 0 aliphatic rings. The van der Waals surface area contributed by atoms with E-state index in [1.165, 1.54) is 24.7 Å². The van der Waals surface area contributed by atoms with E-state index in [1.807, 2.05) is 0 Å². The number of aldehydes is 1. The van der Waals surface area contributed by atoms with Crippen LogP contribution in [0.3, 0.4) is 0 Å². The number of nitriles is 1. The summed E-state index contributed by atoms with van der Waals surface area (Å²) in [5, 5.41) is 8.60. The van der Waals surface area contributed by atoms with E-state index in [2.05, 4.69) is 4.98 Å². The fourth-order valence-electron chi connectivity index (χ4n) is 1.51. The number of hydrogen-bond donors (Lipinski definition) is 0. The number of benzene rings is 1. The maximum absolute atomic E-state index is 13.3. The van der Waals surface area contributed by atoms with Gasteiger partial charge >= 0.3 is 0 Å². The van der Waals surface area contributed by atoms with Crippen molar-refractivity contribution in [3.63, 3.8) is 0 Å². The summed E-state index contributed by atoms with van der Waals surface area (Å²) in [4.78, 5) is 14.5. The Morgan fingerprint density at radius 1 is 1.53 bits per heavy atom. The zero-order valence-electron chi connectivity index (χ0n) is 8.80. The van der Waals surface area contributed by atoms with Gasteiger partial charge in [0.05, 0.1) is 18.1 Å². The number of imidazole rings is 1. The minimum Gasteiger partial charge on any atom is -0.324 e. The van der Waals surface area contributed by atoms with Crippen LogP contribution in [0.15, 0.2) is 30.7 Å². The van der Waals surface area contributed by atoms with Gasteiger partial charge in [-0.25, -0.2) is 9.37 Å². The fourth-order valence-corrected chi connectivity index (χ4v) is 1.51. The van der Waals surface area contributed by atoms with E-state index in [9.17, 15) is 9.18 Å². The molecule has 1 aromatic heterocycles. The molecule has 5 heteroatoms. The van der Waals surface area contributed by atoms with Crippen LogP contribution in [0.1, 0.15) is 21.6 Å². The number of rotatable bonds is 3. The van der Waals surface area contributed by atoms with E-state index >= 15 is 0 Å². The molecule has 0 bridgehead atoms. The number of nitrogens with zero attached hydrogens (tertiary/aromatic N) is 3. The van der Waals surface area contributed by atoms with E-state index in [0.717, 1.165) is 0 Å². The van der Waals surface area contributed by atoms with E-state index in [4.69, 9.17) is 5.26 Å². The van der Waals surface area contributed by atoms with Crippen LogP contribution in [-0.4, -0.2) is 15.8 Å². The largest absolute Gasteiger partial charge is 0.324 e. The summed E-state index contributed by atoms with van der Waals surface area (Å²) < 4.78 is 14.9. The van der Waals surface area contributed by atoms with Crippen LogP contribution in [0.25, 0.3) is 0 Å². The van der Waals surface area contributed by atoms with Gasteiger partial charge < -0.3 is 4.57 Å². The maximum Gasteiger partial charge on any atom is 0.168 e. The molecule has 0 radical (unpaired) electrons. The molecule has 0 N–H and O–H groups in total. The summed E-state index contributed by atoms with van der Waals surface area (Å²) in [6, 6.07) is 6.11. The van der Waals surface area contributed by atoms with Crippen LogP contribution in [0.4, 0.5) is 4.39 Å². The van der Waals surface area contributed by atoms with Crippen molar-refractivity contribution >= 4 is 6.29 Å². The van der Waals surface area contributed by atoms with Gasteiger partial charge in [0, 0.05) is 6.54 Å². The van der Waals surface area contributed by atoms with Crippen LogP contribution in [0, 0.1) is 17.1 Å². The van der Waals surface area contributed by atoms with Crippen LogP contribution in [0.5, 0.6) is 0 Å². The number of hydrogen-bond acceptors (Lipinski definition) is 3. The molecule has 1 aromatic carbocycles. The summed E-state index contributed by atoms with van der Waals surface area (Å²) in [7, 11) is 0. The van der Waals surface area contributed by atoms with Crippen molar-refractivity contribution in [2.75, 3.05) is 0 Å². The molecule has 1 heterocycles. The lowest BCUT2D eigenvalue weighted by Crippen LogP contribution is -2.03. The molecule has 0 unspecified atom stereocenters. The quantitative estimate of drug-likeness (QED) is 0.753. The minimum absolute atomic E-state index is 0.00925. The molecular weight excluding hydrogens is 221 g/mol. The van der Waals surface area contributed by atoms with Crippen molar-refractivity contribution in [1.82, 2.24) is 9.55 Å². The first-order valence-electron chi connectivity index (χ1n) is 4.88. The Morgan fingerprint density at radius 2 is 2.35 bits per heavy atom. The summed E-state index contributed by atoms with van der Waals surface area (Å²) in [6.45, 7) is 0.344. The van der Waals surface area contributed by atoms with Gasteiger partial charge in [0.1, 0.15) is 17.6 Å². The van der Waals surface area contributed by atoms with E-state index in [0.29, 0.717) is 24.1 Å². The number of aromatic nitrogens is 2. The Balaban J connectivity index is 2.28. The van der Waals surface area contributed by atoms with Crippen LogP contribution < -0.4 is 0 Å². The molecule has 2 aromatic rings. The Morgan fingerprint density at radius 3 is 3.00 bits per heavy atom. The van der Waals surface area contributed by atoms with Crippen molar-refractivity contribution in [3.05, 3.63) is 53.4 Å². The normalized spacial score (nSPS) is 9.88. The second-order valence-electron chi connectivity index (χ2n) is 3.49. The van der Waals surface area contributed by atoms with E-state index in [-0.39, 0.29) is 5.56 Å². The summed E-state index contributed by atoms with van der Waals surface area (Å²) in [5.74, 6) is -0.558. The third kappa shape index (κ3) is 2.21. The first-order valence-corrected chi connectivity index (χ1v) is 4.88. The number of carbonyl (C=O) groups excluding carboxylic acids is 1. The Bertz CT molecular complexity index is 598. The second-order valence-corrected chi connectivity index (χ2v) is 3.49. The monoisotopic (exact) mass is 229 g/mol. The first-order chi connectivity index (χ1) is 8.24. The molecule has 0 spiro atoms. The lowest BCUT2D eigenvalue weighted by atomic mass is 10.1. The van der Waals surface area contributed by atoms with Gasteiger partial charge in [0.15, 0.2) is 6.29 Å². The van der Waals surface area contributed by atoms with Gasteiger partial charge in [-0.15, -0.1) is 0 Å². The van der Waals surface area contributed by atoms with Crippen LogP contribution in [-0.2, 0) is 6.54 Å². The molecule has 84 valence electrons. The minimum atomic E-state index is -0.558. The van der Waals surface area contributed by atoms with Gasteiger partial charge in [-0.1, -0.05) is 6.07 Å². The highest BCUT2D eigenvalue weighted by Crippen LogP contribution is 2.11. The SMILES string of the molecule is N#Cc1ccc(Cn2cncc2C=O)cc1F.